The molecular weight excluding hydrogens is 436 g/mol. The molecule has 0 radical (unpaired) electrons. The van der Waals surface area contributed by atoms with E-state index >= 15 is 0 Å². The molecule has 31 heavy (non-hydrogen) atoms. The van der Waals surface area contributed by atoms with Gasteiger partial charge in [0.1, 0.15) is 18.0 Å². The van der Waals surface area contributed by atoms with E-state index in [4.69, 9.17) is 21.6 Å². The normalized spacial score (nSPS) is 17.9. The third kappa shape index (κ3) is 3.95. The Balaban J connectivity index is 1.92. The lowest BCUT2D eigenvalue weighted by Gasteiger charge is -2.31. The van der Waals surface area contributed by atoms with Crippen LogP contribution in [0.4, 0.5) is 5.82 Å². The topological polar surface area (TPSA) is 97.0 Å². The summed E-state index contributed by atoms with van der Waals surface area (Å²) in [5, 5.41) is 13.7. The van der Waals surface area contributed by atoms with Gasteiger partial charge in [-0.2, -0.15) is 5.26 Å². The molecule has 0 aliphatic heterocycles. The van der Waals surface area contributed by atoms with Crippen molar-refractivity contribution in [2.24, 2.45) is 5.92 Å². The molecule has 9 heteroatoms. The van der Waals surface area contributed by atoms with Crippen LogP contribution < -0.4 is 10.7 Å². The summed E-state index contributed by atoms with van der Waals surface area (Å²) < 4.78 is 6.89. The van der Waals surface area contributed by atoms with Crippen LogP contribution in [0.25, 0.3) is 21.9 Å². The van der Waals surface area contributed by atoms with Crippen LogP contribution in [-0.2, 0) is 16.1 Å². The maximum atomic E-state index is 13.2. The Bertz CT molecular complexity index is 1280. The van der Waals surface area contributed by atoms with Crippen molar-refractivity contribution < 1.29 is 9.53 Å². The summed E-state index contributed by atoms with van der Waals surface area (Å²) in [4.78, 5) is 31.0. The fraction of sp³-hybridized carbons (Fsp3) is 0.364. The van der Waals surface area contributed by atoms with Crippen molar-refractivity contribution in [3.05, 3.63) is 39.5 Å². The van der Waals surface area contributed by atoms with E-state index in [0.29, 0.717) is 37.7 Å². The molecule has 1 saturated carbocycles. The van der Waals surface area contributed by atoms with Gasteiger partial charge >= 0.3 is 5.97 Å². The number of carbonyl (C=O) groups is 1. The molecule has 3 aromatic rings. The molecule has 1 N–H and O–H groups in total. The molecule has 0 atom stereocenters. The zero-order valence-electron chi connectivity index (χ0n) is 17.1. The first kappa shape index (κ1) is 21.5. The van der Waals surface area contributed by atoms with Crippen molar-refractivity contribution in [2.45, 2.75) is 37.2 Å². The SMILES string of the molecule is CCOC(=O)Cn1c2nc(NC3CC(C#N)C3)ccc2c(=O)c2ccc(Cl)c(SC)c21. The molecular formula is C22H21ClN4O3S. The molecule has 160 valence electrons. The van der Waals surface area contributed by atoms with Crippen LogP contribution in [0.1, 0.15) is 19.8 Å². The predicted molar refractivity (Wildman–Crippen MR) is 123 cm³/mol. The molecule has 0 amide bonds. The van der Waals surface area contributed by atoms with Gasteiger partial charge in [-0.25, -0.2) is 4.98 Å². The highest BCUT2D eigenvalue weighted by molar-refractivity contribution is 7.99. The average molecular weight is 457 g/mol. The minimum absolute atomic E-state index is 0.0650. The number of rotatable bonds is 6. The Morgan fingerprint density at radius 3 is 2.77 bits per heavy atom. The zero-order valence-corrected chi connectivity index (χ0v) is 18.7. The number of nitriles is 1. The van der Waals surface area contributed by atoms with E-state index < -0.39 is 5.97 Å². The summed E-state index contributed by atoms with van der Waals surface area (Å²) in [6.45, 7) is 1.91. The van der Waals surface area contributed by atoms with Gasteiger partial charge in [-0.15, -0.1) is 11.8 Å². The highest BCUT2D eigenvalue weighted by Crippen LogP contribution is 2.34. The van der Waals surface area contributed by atoms with Crippen molar-refractivity contribution in [1.82, 2.24) is 9.55 Å². The van der Waals surface area contributed by atoms with Crippen molar-refractivity contribution in [1.29, 1.82) is 5.26 Å². The third-order valence-electron chi connectivity index (χ3n) is 5.44. The molecule has 4 rings (SSSR count). The molecule has 1 fully saturated rings. The standard InChI is InChI=1S/C22H21ClN4O3S/c1-3-30-18(28)11-27-19-14(4-6-16(23)21(19)31-2)20(29)15-5-7-17(26-22(15)27)25-13-8-12(9-13)10-24/h4-7,12-13H,3,8-9,11H2,1-2H3,(H,25,26). The van der Waals surface area contributed by atoms with Crippen molar-refractivity contribution >= 4 is 57.1 Å². The number of esters is 1. The van der Waals surface area contributed by atoms with Crippen LogP contribution in [0.3, 0.4) is 0 Å². The lowest BCUT2D eigenvalue weighted by atomic mass is 9.81. The Morgan fingerprint density at radius 2 is 2.10 bits per heavy atom. The van der Waals surface area contributed by atoms with E-state index in [1.54, 1.807) is 35.8 Å². The van der Waals surface area contributed by atoms with E-state index in [2.05, 4.69) is 16.4 Å². The molecule has 2 aromatic heterocycles. The van der Waals surface area contributed by atoms with Crippen LogP contribution in [0.5, 0.6) is 0 Å². The van der Waals surface area contributed by atoms with Crippen LogP contribution in [0, 0.1) is 17.2 Å². The van der Waals surface area contributed by atoms with Crippen molar-refractivity contribution in [3.8, 4) is 6.07 Å². The number of benzene rings is 1. The lowest BCUT2D eigenvalue weighted by molar-refractivity contribution is -0.143. The maximum absolute atomic E-state index is 13.2. The first-order valence-corrected chi connectivity index (χ1v) is 11.6. The molecule has 0 spiro atoms. The number of hydrogen-bond donors (Lipinski definition) is 1. The average Bonchev–Trinajstić information content (AvgIpc) is 2.73. The number of halogens is 1. The van der Waals surface area contributed by atoms with E-state index in [1.807, 2.05) is 6.26 Å². The molecule has 0 saturated heterocycles. The fourth-order valence-electron chi connectivity index (χ4n) is 3.89. The number of ether oxygens (including phenoxy) is 1. The van der Waals surface area contributed by atoms with E-state index in [1.165, 1.54) is 11.8 Å². The van der Waals surface area contributed by atoms with Gasteiger partial charge in [0.05, 0.1) is 39.4 Å². The van der Waals surface area contributed by atoms with E-state index in [-0.39, 0.29) is 30.5 Å². The molecule has 1 aliphatic rings. The number of pyridine rings is 2. The molecule has 0 bridgehead atoms. The summed E-state index contributed by atoms with van der Waals surface area (Å²) in [6.07, 6.45) is 3.39. The number of nitrogens with zero attached hydrogens (tertiary/aromatic N) is 3. The van der Waals surface area contributed by atoms with Crippen LogP contribution in [0.15, 0.2) is 34.0 Å². The Labute approximate surface area is 188 Å². The second-order valence-corrected chi connectivity index (χ2v) is 8.63. The van der Waals surface area contributed by atoms with Crippen LogP contribution in [-0.4, -0.2) is 34.4 Å². The minimum Gasteiger partial charge on any atom is -0.465 e. The molecule has 1 aromatic carbocycles. The summed E-state index contributed by atoms with van der Waals surface area (Å²) in [6, 6.07) is 9.29. The Hall–Kier alpha value is -2.76. The molecule has 1 aliphatic carbocycles. The Morgan fingerprint density at radius 1 is 1.35 bits per heavy atom. The van der Waals surface area contributed by atoms with E-state index in [0.717, 1.165) is 12.8 Å². The number of aromatic nitrogens is 2. The third-order valence-corrected chi connectivity index (χ3v) is 6.69. The van der Waals surface area contributed by atoms with E-state index in [9.17, 15) is 9.59 Å². The van der Waals surface area contributed by atoms with Gasteiger partial charge in [-0.3, -0.25) is 9.59 Å². The molecule has 7 nitrogen and oxygen atoms in total. The highest BCUT2D eigenvalue weighted by atomic mass is 35.5. The van der Waals surface area contributed by atoms with Gasteiger partial charge in [0, 0.05) is 11.4 Å². The van der Waals surface area contributed by atoms with Crippen molar-refractivity contribution in [3.63, 3.8) is 0 Å². The van der Waals surface area contributed by atoms with Gasteiger partial charge in [0.25, 0.3) is 0 Å². The van der Waals surface area contributed by atoms with Gasteiger partial charge in [-0.05, 0) is 50.3 Å². The molecule has 2 heterocycles. The summed E-state index contributed by atoms with van der Waals surface area (Å²) in [5.41, 5.74) is 0.803. The zero-order chi connectivity index (χ0) is 22.1. The smallest absolute Gasteiger partial charge is 0.326 e. The largest absolute Gasteiger partial charge is 0.465 e. The maximum Gasteiger partial charge on any atom is 0.326 e. The first-order valence-electron chi connectivity index (χ1n) is 9.98. The van der Waals surface area contributed by atoms with Gasteiger partial charge in [0.2, 0.25) is 0 Å². The van der Waals surface area contributed by atoms with Gasteiger partial charge in [-0.1, -0.05) is 11.6 Å². The van der Waals surface area contributed by atoms with Gasteiger partial charge < -0.3 is 14.6 Å². The number of thioether (sulfide) groups is 1. The first-order chi connectivity index (χ1) is 15.0. The molecule has 0 unspecified atom stereocenters. The lowest BCUT2D eigenvalue weighted by Crippen LogP contribution is -2.34. The quantitative estimate of drug-likeness (QED) is 0.337. The summed E-state index contributed by atoms with van der Waals surface area (Å²) >= 11 is 7.83. The fourth-order valence-corrected chi connectivity index (χ4v) is 4.96. The predicted octanol–water partition coefficient (Wildman–Crippen LogP) is 4.20. The number of anilines is 1. The Kier molecular flexibility index (Phi) is 6.08. The second kappa shape index (κ2) is 8.77. The summed E-state index contributed by atoms with van der Waals surface area (Å²) in [5.74, 6) is 0.241. The minimum atomic E-state index is -0.420. The van der Waals surface area contributed by atoms with Crippen LogP contribution in [0.2, 0.25) is 5.02 Å². The van der Waals surface area contributed by atoms with Crippen molar-refractivity contribution in [2.75, 3.05) is 18.2 Å². The number of fused-ring (bicyclic) bond motifs is 2. The highest BCUT2D eigenvalue weighted by Gasteiger charge is 2.29. The van der Waals surface area contributed by atoms with Gasteiger partial charge in [0.15, 0.2) is 5.43 Å². The number of nitrogens with one attached hydrogen (secondary N) is 1. The monoisotopic (exact) mass is 456 g/mol. The number of carbonyl (C=O) groups excluding carboxylic acids is 1. The summed E-state index contributed by atoms with van der Waals surface area (Å²) in [7, 11) is 0. The second-order valence-electron chi connectivity index (χ2n) is 7.40. The van der Waals surface area contributed by atoms with Crippen LogP contribution >= 0.6 is 23.4 Å². The number of hydrogen-bond acceptors (Lipinski definition) is 7.